The molecule has 0 fully saturated rings. The lowest BCUT2D eigenvalue weighted by Crippen LogP contribution is -2.14. The Hall–Kier alpha value is 0.260. The maximum Gasteiger partial charge on any atom is 0.265 e. The molecule has 0 aliphatic heterocycles. The van der Waals surface area contributed by atoms with Crippen LogP contribution in [0.15, 0.2) is 0 Å². The van der Waals surface area contributed by atoms with Crippen LogP contribution in [0.25, 0.3) is 0 Å². The van der Waals surface area contributed by atoms with Crippen LogP contribution in [-0.2, 0) is 10.1 Å². The number of rotatable bonds is 4. The quantitative estimate of drug-likeness (QED) is 0.505. The second-order valence-corrected chi connectivity index (χ2v) is 4.42. The largest absolute Gasteiger partial charge is 0.286 e. The lowest BCUT2D eigenvalue weighted by atomic mass is 10.3. The van der Waals surface area contributed by atoms with Crippen LogP contribution in [0.3, 0.4) is 0 Å². The Morgan fingerprint density at radius 3 is 2.40 bits per heavy atom. The Kier molecular flexibility index (Phi) is 4.31. The molecule has 0 aliphatic carbocycles. The summed E-state index contributed by atoms with van der Waals surface area (Å²) in [4.78, 5) is 0. The van der Waals surface area contributed by atoms with E-state index in [0.29, 0.717) is 6.42 Å². The minimum atomic E-state index is -3.82. The first-order chi connectivity index (χ1) is 4.45. The average Bonchev–Trinajstić information content (AvgIpc) is 1.59. The molecule has 0 aromatic heterocycles. The van der Waals surface area contributed by atoms with E-state index in [2.05, 4.69) is 12.6 Å². The van der Waals surface area contributed by atoms with Gasteiger partial charge in [0.15, 0.2) is 0 Å². The molecule has 0 aromatic rings. The van der Waals surface area contributed by atoms with Crippen LogP contribution < -0.4 is 0 Å². The highest BCUT2D eigenvalue weighted by Crippen LogP contribution is 2.06. The highest BCUT2D eigenvalue weighted by molar-refractivity contribution is 7.88. The summed E-state index contributed by atoms with van der Waals surface area (Å²) in [7, 11) is -3.82. The van der Waals surface area contributed by atoms with E-state index in [1.54, 1.807) is 0 Å². The molecule has 0 aliphatic rings. The standard InChI is InChI=1S/C5H12O3S2/c1-2-3-5(9)4-10(6,7)8/h5,9H,2-4H2,1H3,(H,6,7,8). The summed E-state index contributed by atoms with van der Waals surface area (Å²) in [6, 6.07) is 0. The summed E-state index contributed by atoms with van der Waals surface area (Å²) in [5.74, 6) is -0.246. The SMILES string of the molecule is CCCC(S)CS(=O)(=O)O. The highest BCUT2D eigenvalue weighted by atomic mass is 32.2. The summed E-state index contributed by atoms with van der Waals surface area (Å²) in [5, 5.41) is -0.236. The van der Waals surface area contributed by atoms with Gasteiger partial charge in [-0.25, -0.2) is 0 Å². The lowest BCUT2D eigenvalue weighted by molar-refractivity contribution is 0.481. The highest BCUT2D eigenvalue weighted by Gasteiger charge is 2.11. The van der Waals surface area contributed by atoms with Gasteiger partial charge in [-0.15, -0.1) is 0 Å². The van der Waals surface area contributed by atoms with Gasteiger partial charge in [0.1, 0.15) is 0 Å². The maximum absolute atomic E-state index is 10.2. The Balaban J connectivity index is 3.69. The van der Waals surface area contributed by atoms with E-state index in [0.717, 1.165) is 6.42 Å². The Bertz CT molecular complexity index is 173. The van der Waals surface area contributed by atoms with Crippen LogP contribution in [0, 0.1) is 0 Å². The van der Waals surface area contributed by atoms with Gasteiger partial charge in [-0.05, 0) is 6.42 Å². The maximum atomic E-state index is 10.2. The number of hydrogen-bond acceptors (Lipinski definition) is 3. The predicted octanol–water partition coefficient (Wildman–Crippen LogP) is 0.973. The molecule has 1 atom stereocenters. The summed E-state index contributed by atoms with van der Waals surface area (Å²) >= 11 is 3.96. The molecular formula is C5H12O3S2. The van der Waals surface area contributed by atoms with Gasteiger partial charge < -0.3 is 0 Å². The molecule has 1 unspecified atom stereocenters. The molecule has 0 amide bonds. The number of hydrogen-bond donors (Lipinski definition) is 2. The first-order valence-corrected chi connectivity index (χ1v) is 5.21. The summed E-state index contributed by atoms with van der Waals surface area (Å²) in [5.41, 5.74) is 0. The van der Waals surface area contributed by atoms with Crippen molar-refractivity contribution in [2.24, 2.45) is 0 Å². The Morgan fingerprint density at radius 1 is 1.60 bits per heavy atom. The van der Waals surface area contributed by atoms with E-state index in [1.165, 1.54) is 0 Å². The molecular weight excluding hydrogens is 172 g/mol. The van der Waals surface area contributed by atoms with Gasteiger partial charge in [-0.2, -0.15) is 21.0 Å². The van der Waals surface area contributed by atoms with Crippen LogP contribution in [0.2, 0.25) is 0 Å². The van der Waals surface area contributed by atoms with Crippen molar-refractivity contribution in [1.82, 2.24) is 0 Å². The number of thiol groups is 1. The van der Waals surface area contributed by atoms with Crippen molar-refractivity contribution in [3.05, 3.63) is 0 Å². The molecule has 0 radical (unpaired) electrons. The van der Waals surface area contributed by atoms with Gasteiger partial charge in [0.2, 0.25) is 0 Å². The van der Waals surface area contributed by atoms with Crippen LogP contribution in [-0.4, -0.2) is 24.0 Å². The van der Waals surface area contributed by atoms with Crippen molar-refractivity contribution in [2.75, 3.05) is 5.75 Å². The average molecular weight is 184 g/mol. The summed E-state index contributed by atoms with van der Waals surface area (Å²) in [6.07, 6.45) is 1.59. The van der Waals surface area contributed by atoms with E-state index in [4.69, 9.17) is 4.55 Å². The van der Waals surface area contributed by atoms with Gasteiger partial charge in [0, 0.05) is 5.25 Å². The fraction of sp³-hybridized carbons (Fsp3) is 1.00. The molecule has 3 nitrogen and oxygen atoms in total. The zero-order chi connectivity index (χ0) is 8.20. The third-order valence-electron chi connectivity index (χ3n) is 1.02. The molecule has 0 rings (SSSR count). The van der Waals surface area contributed by atoms with Crippen molar-refractivity contribution in [1.29, 1.82) is 0 Å². The Morgan fingerprint density at radius 2 is 2.10 bits per heavy atom. The minimum Gasteiger partial charge on any atom is -0.286 e. The third kappa shape index (κ3) is 6.38. The van der Waals surface area contributed by atoms with E-state index in [-0.39, 0.29) is 11.0 Å². The smallest absolute Gasteiger partial charge is 0.265 e. The molecule has 0 spiro atoms. The third-order valence-corrected chi connectivity index (χ3v) is 2.54. The van der Waals surface area contributed by atoms with Crippen LogP contribution in [0.1, 0.15) is 19.8 Å². The Labute approximate surface area is 67.0 Å². The molecule has 0 aromatic carbocycles. The van der Waals surface area contributed by atoms with Gasteiger partial charge in [0.25, 0.3) is 10.1 Å². The van der Waals surface area contributed by atoms with Crippen molar-refractivity contribution in [2.45, 2.75) is 25.0 Å². The minimum absolute atomic E-state index is 0.236. The van der Waals surface area contributed by atoms with Crippen LogP contribution >= 0.6 is 12.6 Å². The molecule has 10 heavy (non-hydrogen) atoms. The topological polar surface area (TPSA) is 54.4 Å². The molecule has 1 N–H and O–H groups in total. The van der Waals surface area contributed by atoms with E-state index >= 15 is 0 Å². The van der Waals surface area contributed by atoms with Gasteiger partial charge in [-0.3, -0.25) is 4.55 Å². The zero-order valence-electron chi connectivity index (χ0n) is 5.82. The molecule has 0 saturated carbocycles. The molecule has 0 heterocycles. The summed E-state index contributed by atoms with van der Waals surface area (Å²) in [6.45, 7) is 1.94. The van der Waals surface area contributed by atoms with Crippen molar-refractivity contribution >= 4 is 22.7 Å². The molecule has 0 saturated heterocycles. The zero-order valence-corrected chi connectivity index (χ0v) is 7.53. The molecule has 5 heteroatoms. The van der Waals surface area contributed by atoms with Crippen LogP contribution in [0.5, 0.6) is 0 Å². The van der Waals surface area contributed by atoms with Gasteiger partial charge in [0.05, 0.1) is 5.75 Å². The first kappa shape index (κ1) is 10.3. The van der Waals surface area contributed by atoms with E-state index < -0.39 is 10.1 Å². The van der Waals surface area contributed by atoms with Crippen molar-refractivity contribution in [3.8, 4) is 0 Å². The first-order valence-electron chi connectivity index (χ1n) is 3.09. The fourth-order valence-corrected chi connectivity index (χ4v) is 2.14. The van der Waals surface area contributed by atoms with Gasteiger partial charge >= 0.3 is 0 Å². The molecule has 62 valence electrons. The monoisotopic (exact) mass is 184 g/mol. The lowest BCUT2D eigenvalue weighted by Gasteiger charge is -2.04. The van der Waals surface area contributed by atoms with Gasteiger partial charge in [-0.1, -0.05) is 13.3 Å². The second kappa shape index (κ2) is 4.20. The summed E-state index contributed by atoms with van der Waals surface area (Å²) < 4.78 is 28.8. The molecule has 0 bridgehead atoms. The van der Waals surface area contributed by atoms with Crippen LogP contribution in [0.4, 0.5) is 0 Å². The second-order valence-electron chi connectivity index (χ2n) is 2.19. The van der Waals surface area contributed by atoms with E-state index in [9.17, 15) is 8.42 Å². The van der Waals surface area contributed by atoms with Crippen molar-refractivity contribution in [3.63, 3.8) is 0 Å². The fourth-order valence-electron chi connectivity index (χ4n) is 0.660. The predicted molar refractivity (Wildman–Crippen MR) is 44.1 cm³/mol. The van der Waals surface area contributed by atoms with Crippen molar-refractivity contribution < 1.29 is 13.0 Å². The normalized spacial score (nSPS) is 15.1. The van der Waals surface area contributed by atoms with E-state index in [1.807, 2.05) is 6.92 Å².